The Bertz CT molecular complexity index is 514. The molecule has 1 aromatic carbocycles. The SMILES string of the molecule is Clc1[nH]nc2cc(CC3CCNCC3)ccc12. The number of aromatic nitrogens is 2. The smallest absolute Gasteiger partial charge is 0.132 e. The zero-order valence-corrected chi connectivity index (χ0v) is 10.4. The highest BCUT2D eigenvalue weighted by atomic mass is 35.5. The van der Waals surface area contributed by atoms with Crippen molar-refractivity contribution in [2.75, 3.05) is 13.1 Å². The monoisotopic (exact) mass is 249 g/mol. The molecule has 3 rings (SSSR count). The van der Waals surface area contributed by atoms with Crippen molar-refractivity contribution in [3.8, 4) is 0 Å². The number of nitrogens with zero attached hydrogens (tertiary/aromatic N) is 1. The van der Waals surface area contributed by atoms with Crippen LogP contribution >= 0.6 is 11.6 Å². The minimum atomic E-state index is 0.633. The van der Waals surface area contributed by atoms with Crippen molar-refractivity contribution < 1.29 is 0 Å². The minimum absolute atomic E-state index is 0.633. The summed E-state index contributed by atoms with van der Waals surface area (Å²) in [6.45, 7) is 2.31. The maximum Gasteiger partial charge on any atom is 0.132 e. The number of halogens is 1. The first-order valence-corrected chi connectivity index (χ1v) is 6.54. The van der Waals surface area contributed by atoms with E-state index in [0.717, 1.165) is 36.3 Å². The number of hydrogen-bond donors (Lipinski definition) is 2. The van der Waals surface area contributed by atoms with Crippen LogP contribution in [0.25, 0.3) is 10.9 Å². The molecule has 90 valence electrons. The van der Waals surface area contributed by atoms with E-state index in [2.05, 4.69) is 33.7 Å². The number of nitrogens with one attached hydrogen (secondary N) is 2. The molecule has 1 fully saturated rings. The van der Waals surface area contributed by atoms with Crippen LogP contribution in [0.2, 0.25) is 5.15 Å². The zero-order chi connectivity index (χ0) is 11.7. The summed E-state index contributed by atoms with van der Waals surface area (Å²) in [6.07, 6.45) is 3.71. The summed E-state index contributed by atoms with van der Waals surface area (Å²) < 4.78 is 0. The van der Waals surface area contributed by atoms with Crippen LogP contribution in [0.15, 0.2) is 18.2 Å². The second kappa shape index (κ2) is 4.67. The van der Waals surface area contributed by atoms with Crippen molar-refractivity contribution in [3.63, 3.8) is 0 Å². The molecule has 3 nitrogen and oxygen atoms in total. The van der Waals surface area contributed by atoms with Gasteiger partial charge in [0.05, 0.1) is 5.52 Å². The van der Waals surface area contributed by atoms with Gasteiger partial charge in [0.1, 0.15) is 5.15 Å². The number of aromatic amines is 1. The molecule has 1 aliphatic rings. The van der Waals surface area contributed by atoms with E-state index < -0.39 is 0 Å². The van der Waals surface area contributed by atoms with Gasteiger partial charge in [-0.15, -0.1) is 0 Å². The largest absolute Gasteiger partial charge is 0.317 e. The van der Waals surface area contributed by atoms with Crippen LogP contribution in [-0.2, 0) is 6.42 Å². The van der Waals surface area contributed by atoms with Crippen LogP contribution in [0, 0.1) is 5.92 Å². The highest BCUT2D eigenvalue weighted by molar-refractivity contribution is 6.34. The number of rotatable bonds is 2. The molecule has 2 N–H and O–H groups in total. The molecule has 0 unspecified atom stereocenters. The lowest BCUT2D eigenvalue weighted by Gasteiger charge is -2.22. The van der Waals surface area contributed by atoms with E-state index >= 15 is 0 Å². The lowest BCUT2D eigenvalue weighted by Crippen LogP contribution is -2.28. The van der Waals surface area contributed by atoms with Gasteiger partial charge in [-0.25, -0.2) is 0 Å². The summed E-state index contributed by atoms with van der Waals surface area (Å²) in [4.78, 5) is 0. The third kappa shape index (κ3) is 2.31. The van der Waals surface area contributed by atoms with Gasteiger partial charge >= 0.3 is 0 Å². The molecule has 0 saturated carbocycles. The third-order valence-corrected chi connectivity index (χ3v) is 3.84. The molecule has 1 saturated heterocycles. The highest BCUT2D eigenvalue weighted by Crippen LogP contribution is 2.24. The number of benzene rings is 1. The quantitative estimate of drug-likeness (QED) is 0.859. The Balaban J connectivity index is 1.80. The summed E-state index contributed by atoms with van der Waals surface area (Å²) in [6, 6.07) is 6.39. The molecule has 1 aliphatic heterocycles. The van der Waals surface area contributed by atoms with Crippen molar-refractivity contribution in [2.45, 2.75) is 19.3 Å². The Morgan fingerprint density at radius 2 is 2.12 bits per heavy atom. The van der Waals surface area contributed by atoms with Gasteiger partial charge in [0.15, 0.2) is 0 Å². The number of fused-ring (bicyclic) bond motifs is 1. The first-order valence-electron chi connectivity index (χ1n) is 6.16. The molecule has 0 aliphatic carbocycles. The van der Waals surface area contributed by atoms with E-state index in [0.29, 0.717) is 5.15 Å². The van der Waals surface area contributed by atoms with Crippen LogP contribution < -0.4 is 5.32 Å². The Morgan fingerprint density at radius 1 is 1.29 bits per heavy atom. The maximum atomic E-state index is 5.99. The summed E-state index contributed by atoms with van der Waals surface area (Å²) >= 11 is 5.99. The molecule has 0 atom stereocenters. The molecular weight excluding hydrogens is 234 g/mol. The predicted octanol–water partition coefficient (Wildman–Crippen LogP) is 2.76. The van der Waals surface area contributed by atoms with Crippen molar-refractivity contribution in [2.24, 2.45) is 5.92 Å². The van der Waals surface area contributed by atoms with Crippen molar-refractivity contribution >= 4 is 22.5 Å². The molecule has 0 radical (unpaired) electrons. The van der Waals surface area contributed by atoms with Crippen LogP contribution in [0.3, 0.4) is 0 Å². The van der Waals surface area contributed by atoms with Crippen LogP contribution in [0.5, 0.6) is 0 Å². The van der Waals surface area contributed by atoms with E-state index in [4.69, 9.17) is 11.6 Å². The Labute approximate surface area is 106 Å². The van der Waals surface area contributed by atoms with E-state index in [1.807, 2.05) is 0 Å². The van der Waals surface area contributed by atoms with E-state index in [9.17, 15) is 0 Å². The van der Waals surface area contributed by atoms with Crippen LogP contribution in [-0.4, -0.2) is 23.3 Å². The molecule has 1 aromatic heterocycles. The van der Waals surface area contributed by atoms with Crippen LogP contribution in [0.1, 0.15) is 18.4 Å². The van der Waals surface area contributed by atoms with Gasteiger partial charge in [-0.2, -0.15) is 5.10 Å². The van der Waals surface area contributed by atoms with Crippen molar-refractivity contribution in [1.29, 1.82) is 0 Å². The second-order valence-electron chi connectivity index (χ2n) is 4.79. The molecule has 17 heavy (non-hydrogen) atoms. The normalized spacial score (nSPS) is 17.7. The number of piperidine rings is 1. The molecule has 0 spiro atoms. The van der Waals surface area contributed by atoms with E-state index in [1.54, 1.807) is 0 Å². The Morgan fingerprint density at radius 3 is 2.94 bits per heavy atom. The fourth-order valence-corrected chi connectivity index (χ4v) is 2.77. The topological polar surface area (TPSA) is 40.7 Å². The standard InChI is InChI=1S/C13H16ClN3/c14-13-11-2-1-10(8-12(11)16-17-13)7-9-3-5-15-6-4-9/h1-2,8-9,15H,3-7H2,(H,16,17). The predicted molar refractivity (Wildman–Crippen MR) is 70.4 cm³/mol. The molecule has 4 heteroatoms. The Hall–Kier alpha value is -1.06. The third-order valence-electron chi connectivity index (χ3n) is 3.56. The fraction of sp³-hybridized carbons (Fsp3) is 0.462. The van der Waals surface area contributed by atoms with E-state index in [-0.39, 0.29) is 0 Å². The lowest BCUT2D eigenvalue weighted by atomic mass is 9.91. The maximum absolute atomic E-state index is 5.99. The minimum Gasteiger partial charge on any atom is -0.317 e. The molecule has 2 aromatic rings. The molecule has 0 amide bonds. The summed E-state index contributed by atoms with van der Waals surface area (Å²) in [5.74, 6) is 0.808. The van der Waals surface area contributed by atoms with Gasteiger partial charge in [-0.1, -0.05) is 17.7 Å². The van der Waals surface area contributed by atoms with Gasteiger partial charge in [-0.05, 0) is 56.0 Å². The van der Waals surface area contributed by atoms with Crippen molar-refractivity contribution in [1.82, 2.24) is 15.5 Å². The number of hydrogen-bond acceptors (Lipinski definition) is 2. The lowest BCUT2D eigenvalue weighted by molar-refractivity contribution is 0.373. The van der Waals surface area contributed by atoms with Gasteiger partial charge in [0, 0.05) is 5.39 Å². The van der Waals surface area contributed by atoms with Gasteiger partial charge < -0.3 is 5.32 Å². The average molecular weight is 250 g/mol. The van der Waals surface area contributed by atoms with Crippen molar-refractivity contribution in [3.05, 3.63) is 28.9 Å². The van der Waals surface area contributed by atoms with Gasteiger partial charge in [0.25, 0.3) is 0 Å². The average Bonchev–Trinajstić information content (AvgIpc) is 2.72. The summed E-state index contributed by atoms with van der Waals surface area (Å²) in [5, 5.41) is 12.1. The molecule has 0 bridgehead atoms. The summed E-state index contributed by atoms with van der Waals surface area (Å²) in [7, 11) is 0. The van der Waals surface area contributed by atoms with Gasteiger partial charge in [0.2, 0.25) is 0 Å². The van der Waals surface area contributed by atoms with E-state index in [1.165, 1.54) is 18.4 Å². The van der Waals surface area contributed by atoms with Crippen LogP contribution in [0.4, 0.5) is 0 Å². The molecular formula is C13H16ClN3. The Kier molecular flexibility index (Phi) is 3.04. The van der Waals surface area contributed by atoms with Gasteiger partial charge in [-0.3, -0.25) is 5.10 Å². The fourth-order valence-electron chi connectivity index (χ4n) is 2.57. The first-order chi connectivity index (χ1) is 8.33. The first kappa shape index (κ1) is 11.1. The summed E-state index contributed by atoms with van der Waals surface area (Å²) in [5.41, 5.74) is 2.34. The highest BCUT2D eigenvalue weighted by Gasteiger charge is 2.14. The second-order valence-corrected chi connectivity index (χ2v) is 5.16. The number of H-pyrrole nitrogens is 1. The molecule has 2 heterocycles. The zero-order valence-electron chi connectivity index (χ0n) is 9.67.